The Labute approximate surface area is 76.1 Å². The highest BCUT2D eigenvalue weighted by Crippen LogP contribution is 2.40. The molecule has 7 heteroatoms. The van der Waals surface area contributed by atoms with Gasteiger partial charge < -0.3 is 0 Å². The van der Waals surface area contributed by atoms with Gasteiger partial charge in [0.2, 0.25) is 6.17 Å². The van der Waals surface area contributed by atoms with E-state index in [-0.39, 0.29) is 0 Å². The zero-order valence-electron chi connectivity index (χ0n) is 6.92. The van der Waals surface area contributed by atoms with E-state index in [1.165, 1.54) is 0 Å². The molecule has 0 heterocycles. The van der Waals surface area contributed by atoms with Crippen LogP contribution in [0.1, 0.15) is 6.42 Å². The van der Waals surface area contributed by atoms with E-state index < -0.39 is 37.3 Å². The van der Waals surface area contributed by atoms with Crippen molar-refractivity contribution < 1.29 is 30.7 Å². The van der Waals surface area contributed by atoms with Crippen LogP contribution in [0.15, 0.2) is 0 Å². The van der Waals surface area contributed by atoms with Crippen molar-refractivity contribution in [1.29, 1.82) is 0 Å². The molecule has 0 amide bonds. The molecule has 14 heavy (non-hydrogen) atoms. The molecule has 0 rings (SSSR count). The van der Waals surface area contributed by atoms with Gasteiger partial charge >= 0.3 is 11.8 Å². The summed E-state index contributed by atoms with van der Waals surface area (Å²) in [5.41, 5.74) is 0. The highest BCUT2D eigenvalue weighted by atomic mass is 19.3. The van der Waals surface area contributed by atoms with Crippen LogP contribution in [0, 0.1) is 6.92 Å². The Bertz CT molecular complexity index is 179. The van der Waals surface area contributed by atoms with E-state index in [0.717, 1.165) is 0 Å². The molecule has 0 nitrogen and oxygen atoms in total. The first-order chi connectivity index (χ1) is 6.20. The monoisotopic (exact) mass is 225 g/mol. The summed E-state index contributed by atoms with van der Waals surface area (Å²) < 4.78 is 85.3. The molecule has 0 fully saturated rings. The third-order valence-corrected chi connectivity index (χ3v) is 1.60. The second kappa shape index (κ2) is 4.35. The fraction of sp³-hybridized carbons (Fsp3) is 0.857. The highest BCUT2D eigenvalue weighted by molar-refractivity contribution is 4.94. The first-order valence-corrected chi connectivity index (χ1v) is 3.59. The van der Waals surface area contributed by atoms with Gasteiger partial charge in [-0.2, -0.15) is 17.6 Å². The van der Waals surface area contributed by atoms with Crippen LogP contribution in [0.4, 0.5) is 30.7 Å². The maximum atomic E-state index is 12.4. The van der Waals surface area contributed by atoms with E-state index in [1.54, 1.807) is 0 Å². The summed E-state index contributed by atoms with van der Waals surface area (Å²) >= 11 is 0. The lowest BCUT2D eigenvalue weighted by molar-refractivity contribution is -0.252. The summed E-state index contributed by atoms with van der Waals surface area (Å²) in [6.45, 7) is -0.00466. The average Bonchev–Trinajstić information content (AvgIpc) is 2.14. The van der Waals surface area contributed by atoms with Gasteiger partial charge in [0.25, 0.3) is 0 Å². The molecule has 0 aromatic heterocycles. The van der Waals surface area contributed by atoms with Gasteiger partial charge in [-0.25, -0.2) is 13.2 Å². The van der Waals surface area contributed by atoms with E-state index in [0.29, 0.717) is 0 Å². The van der Waals surface area contributed by atoms with Gasteiger partial charge in [-0.15, -0.1) is 0 Å². The van der Waals surface area contributed by atoms with Crippen molar-refractivity contribution in [3.8, 4) is 0 Å². The Morgan fingerprint density at radius 2 is 1.50 bits per heavy atom. The molecule has 2 atom stereocenters. The molecule has 0 aliphatic heterocycles. The standard InChI is InChI=1S/C7H8F7/c1-2-4(9)5(10)7(13,14)6(11,12)3-8/h4-5H,1-3H2/t4?,5-/m0/s1. The minimum Gasteiger partial charge on any atom is -0.244 e. The van der Waals surface area contributed by atoms with Crippen LogP contribution in [0.25, 0.3) is 0 Å². The maximum absolute atomic E-state index is 12.4. The molecule has 0 aromatic rings. The van der Waals surface area contributed by atoms with E-state index in [4.69, 9.17) is 0 Å². The predicted octanol–water partition coefficient (Wildman–Crippen LogP) is 3.13. The van der Waals surface area contributed by atoms with Crippen LogP contribution < -0.4 is 0 Å². The zero-order chi connectivity index (χ0) is 11.6. The van der Waals surface area contributed by atoms with E-state index in [2.05, 4.69) is 6.92 Å². The van der Waals surface area contributed by atoms with Crippen molar-refractivity contribution in [3.63, 3.8) is 0 Å². The molecule has 0 aromatic carbocycles. The lowest BCUT2D eigenvalue weighted by Gasteiger charge is -2.28. The maximum Gasteiger partial charge on any atom is 0.346 e. The number of hydrogen-bond donors (Lipinski definition) is 0. The average molecular weight is 225 g/mol. The van der Waals surface area contributed by atoms with Gasteiger partial charge in [0, 0.05) is 0 Å². The highest BCUT2D eigenvalue weighted by Gasteiger charge is 2.63. The Morgan fingerprint density at radius 3 is 1.79 bits per heavy atom. The summed E-state index contributed by atoms with van der Waals surface area (Å²) in [5, 5.41) is 0. The fourth-order valence-electron chi connectivity index (χ4n) is 0.664. The molecule has 0 saturated carbocycles. The minimum atomic E-state index is -5.36. The molecule has 0 spiro atoms. The molecule has 0 aliphatic rings. The molecule has 1 radical (unpaired) electrons. The largest absolute Gasteiger partial charge is 0.346 e. The van der Waals surface area contributed by atoms with Crippen LogP contribution >= 0.6 is 0 Å². The number of alkyl halides is 7. The van der Waals surface area contributed by atoms with Crippen molar-refractivity contribution in [3.05, 3.63) is 6.92 Å². The van der Waals surface area contributed by atoms with Gasteiger partial charge in [0.1, 0.15) is 6.17 Å². The number of halogens is 7. The molecule has 0 N–H and O–H groups in total. The topological polar surface area (TPSA) is 0 Å². The molecule has 0 saturated heterocycles. The van der Waals surface area contributed by atoms with Crippen molar-refractivity contribution in [2.75, 3.05) is 6.67 Å². The van der Waals surface area contributed by atoms with Crippen LogP contribution in [-0.4, -0.2) is 30.9 Å². The van der Waals surface area contributed by atoms with Crippen molar-refractivity contribution in [1.82, 2.24) is 0 Å². The Morgan fingerprint density at radius 1 is 1.07 bits per heavy atom. The molecular formula is C7H8F7. The summed E-state index contributed by atoms with van der Waals surface area (Å²) in [6, 6.07) is 0. The smallest absolute Gasteiger partial charge is 0.244 e. The molecule has 85 valence electrons. The summed E-state index contributed by atoms with van der Waals surface area (Å²) in [5.74, 6) is -10.6. The van der Waals surface area contributed by atoms with Crippen LogP contribution in [-0.2, 0) is 0 Å². The molecule has 0 bridgehead atoms. The van der Waals surface area contributed by atoms with Gasteiger partial charge in [0.05, 0.1) is 0 Å². The van der Waals surface area contributed by atoms with Gasteiger partial charge in [-0.1, -0.05) is 6.92 Å². The second-order valence-corrected chi connectivity index (χ2v) is 2.67. The van der Waals surface area contributed by atoms with E-state index in [1.807, 2.05) is 0 Å². The predicted molar refractivity (Wildman–Crippen MR) is 35.6 cm³/mol. The quantitative estimate of drug-likeness (QED) is 0.630. The Balaban J connectivity index is 4.76. The second-order valence-electron chi connectivity index (χ2n) is 2.67. The lowest BCUT2D eigenvalue weighted by atomic mass is 10.0. The molecular weight excluding hydrogens is 217 g/mol. The van der Waals surface area contributed by atoms with Gasteiger partial charge in [0.15, 0.2) is 6.67 Å². The number of rotatable bonds is 5. The van der Waals surface area contributed by atoms with E-state index >= 15 is 0 Å². The Kier molecular flexibility index (Phi) is 4.20. The first kappa shape index (κ1) is 13.5. The summed E-state index contributed by atoms with van der Waals surface area (Å²) in [4.78, 5) is 0. The summed E-state index contributed by atoms with van der Waals surface area (Å²) in [6.07, 6.45) is -7.53. The van der Waals surface area contributed by atoms with Crippen LogP contribution in [0.5, 0.6) is 0 Å². The zero-order valence-corrected chi connectivity index (χ0v) is 6.92. The third-order valence-electron chi connectivity index (χ3n) is 1.60. The fourth-order valence-corrected chi connectivity index (χ4v) is 0.664. The minimum absolute atomic E-state index is 0.931. The lowest BCUT2D eigenvalue weighted by Crippen LogP contribution is -2.52. The normalized spacial score (nSPS) is 18.0. The van der Waals surface area contributed by atoms with Crippen LogP contribution in [0.2, 0.25) is 0 Å². The van der Waals surface area contributed by atoms with Crippen molar-refractivity contribution >= 4 is 0 Å². The van der Waals surface area contributed by atoms with Crippen molar-refractivity contribution in [2.24, 2.45) is 0 Å². The summed E-state index contributed by atoms with van der Waals surface area (Å²) in [7, 11) is 0. The SMILES string of the molecule is [CH2]CC(F)[C@H](F)C(F)(F)C(F)(F)CF. The van der Waals surface area contributed by atoms with E-state index in [9.17, 15) is 30.7 Å². The van der Waals surface area contributed by atoms with Gasteiger partial charge in [-0.3, -0.25) is 0 Å². The first-order valence-electron chi connectivity index (χ1n) is 3.59. The number of hydrogen-bond acceptors (Lipinski definition) is 0. The molecule has 0 aliphatic carbocycles. The van der Waals surface area contributed by atoms with Crippen molar-refractivity contribution in [2.45, 2.75) is 30.6 Å². The Hall–Kier alpha value is -0.490. The molecule has 1 unspecified atom stereocenters. The van der Waals surface area contributed by atoms with Gasteiger partial charge in [-0.05, 0) is 6.42 Å². The van der Waals surface area contributed by atoms with Crippen LogP contribution in [0.3, 0.4) is 0 Å². The third kappa shape index (κ3) is 2.30.